The van der Waals surface area contributed by atoms with Crippen molar-refractivity contribution in [3.8, 4) is 0 Å². The third kappa shape index (κ3) is 9.76. The van der Waals surface area contributed by atoms with Gasteiger partial charge in [-0.2, -0.15) is 0 Å². The average Bonchev–Trinajstić information content (AvgIpc) is 2.10. The number of hydrogen-bond donors (Lipinski definition) is 5. The number of aliphatic hydroxyl groups excluding tert-OH is 3. The first-order chi connectivity index (χ1) is 5.85. The van der Waals surface area contributed by atoms with Gasteiger partial charge in [-0.3, -0.25) is 4.90 Å². The molecule has 0 amide bonds. The predicted octanol–water partition coefficient (Wildman–Crippen LogP) is -2.40. The van der Waals surface area contributed by atoms with Crippen LogP contribution in [0.25, 0.3) is 0 Å². The molecule has 0 aromatic rings. The summed E-state index contributed by atoms with van der Waals surface area (Å²) in [5.41, 5.74) is 0. The molecule has 6 heteroatoms. The maximum absolute atomic E-state index is 8.48. The fourth-order valence-corrected chi connectivity index (χ4v) is 0.760. The number of nitrogens with two attached hydrogens (primary N) is 1. The topological polar surface area (TPSA) is 110 Å². The van der Waals surface area contributed by atoms with Crippen molar-refractivity contribution >= 4 is 0 Å². The Kier molecular flexibility index (Phi) is 15.9. The average molecular weight is 182 g/mol. The fraction of sp³-hybridized carbons (Fsp3) is 1.00. The zero-order chi connectivity index (χ0) is 9.82. The first-order valence-electron chi connectivity index (χ1n) is 3.66. The van der Waals surface area contributed by atoms with E-state index < -0.39 is 0 Å². The molecule has 12 heavy (non-hydrogen) atoms. The minimum Gasteiger partial charge on any atom is -0.395 e. The maximum atomic E-state index is 8.48. The molecule has 0 rings (SSSR count). The van der Waals surface area contributed by atoms with Crippen molar-refractivity contribution in [2.75, 3.05) is 39.5 Å². The summed E-state index contributed by atoms with van der Waals surface area (Å²) in [6.45, 7) is 1.75. The third-order valence-electron chi connectivity index (χ3n) is 1.25. The van der Waals surface area contributed by atoms with Crippen LogP contribution in [0.2, 0.25) is 0 Å². The van der Waals surface area contributed by atoms with Crippen LogP contribution < -0.4 is 5.90 Å². The van der Waals surface area contributed by atoms with Crippen LogP contribution in [0.4, 0.5) is 0 Å². The Bertz CT molecular complexity index is 60.3. The van der Waals surface area contributed by atoms with Crippen molar-refractivity contribution < 1.29 is 20.5 Å². The molecule has 0 saturated carbocycles. The number of hydrogen-bond acceptors (Lipinski definition) is 6. The first-order valence-corrected chi connectivity index (χ1v) is 3.66. The Labute approximate surface area is 71.8 Å². The smallest absolute Gasteiger partial charge is 0.0558 e. The Hall–Kier alpha value is -0.240. The second-order valence-corrected chi connectivity index (χ2v) is 2.01. The minimum absolute atomic E-state index is 0.0694. The standard InChI is InChI=1S/C6H15NO3.H3NO/c8-4-1-7(2-5-9)3-6-10;1-2/h8-10H,1-6H2;2H,1H2. The van der Waals surface area contributed by atoms with Crippen LogP contribution in [-0.4, -0.2) is 64.9 Å². The van der Waals surface area contributed by atoms with Gasteiger partial charge in [0.2, 0.25) is 0 Å². The van der Waals surface area contributed by atoms with Crippen molar-refractivity contribution in [2.45, 2.75) is 0 Å². The summed E-state index contributed by atoms with van der Waals surface area (Å²) in [4.78, 5) is 1.79. The number of nitrogens with zero attached hydrogens (tertiary/aromatic N) is 1. The summed E-state index contributed by atoms with van der Waals surface area (Å²) in [5, 5.41) is 32.0. The van der Waals surface area contributed by atoms with Crippen LogP contribution in [0.3, 0.4) is 0 Å². The lowest BCUT2D eigenvalue weighted by Crippen LogP contribution is -2.32. The van der Waals surface area contributed by atoms with Crippen LogP contribution >= 0.6 is 0 Å². The molecule has 0 aliphatic heterocycles. The monoisotopic (exact) mass is 182 g/mol. The Balaban J connectivity index is 0. The van der Waals surface area contributed by atoms with Crippen molar-refractivity contribution in [3.63, 3.8) is 0 Å². The van der Waals surface area contributed by atoms with E-state index in [1.165, 1.54) is 0 Å². The molecule has 0 aromatic carbocycles. The van der Waals surface area contributed by atoms with Gasteiger partial charge in [0.25, 0.3) is 0 Å². The molecule has 6 nitrogen and oxygen atoms in total. The van der Waals surface area contributed by atoms with Crippen molar-refractivity contribution in [1.82, 2.24) is 4.90 Å². The SMILES string of the molecule is NO.OCCN(CCO)CCO. The molecular formula is C6H18N2O4. The number of rotatable bonds is 6. The van der Waals surface area contributed by atoms with E-state index in [0.29, 0.717) is 19.6 Å². The molecule has 0 radical (unpaired) electrons. The molecule has 0 fully saturated rings. The van der Waals surface area contributed by atoms with Gasteiger partial charge in [0.05, 0.1) is 19.8 Å². The van der Waals surface area contributed by atoms with Crippen LogP contribution in [0, 0.1) is 0 Å². The molecule has 0 aromatic heterocycles. The highest BCUT2D eigenvalue weighted by Gasteiger charge is 2.00. The van der Waals surface area contributed by atoms with Gasteiger partial charge in [0, 0.05) is 19.6 Å². The fourth-order valence-electron chi connectivity index (χ4n) is 0.760. The lowest BCUT2D eigenvalue weighted by molar-refractivity contribution is 0.136. The Morgan fingerprint density at radius 1 is 0.750 bits per heavy atom. The van der Waals surface area contributed by atoms with Crippen molar-refractivity contribution in [2.24, 2.45) is 5.90 Å². The van der Waals surface area contributed by atoms with E-state index in [2.05, 4.69) is 5.90 Å². The second kappa shape index (κ2) is 13.4. The van der Waals surface area contributed by atoms with Gasteiger partial charge >= 0.3 is 0 Å². The summed E-state index contributed by atoms with van der Waals surface area (Å²) in [6, 6.07) is 0. The molecule has 76 valence electrons. The van der Waals surface area contributed by atoms with E-state index in [-0.39, 0.29) is 19.8 Å². The van der Waals surface area contributed by atoms with E-state index in [1.807, 2.05) is 0 Å². The summed E-state index contributed by atoms with van der Waals surface area (Å²) in [7, 11) is 0. The largest absolute Gasteiger partial charge is 0.395 e. The van der Waals surface area contributed by atoms with Crippen molar-refractivity contribution in [3.05, 3.63) is 0 Å². The summed E-state index contributed by atoms with van der Waals surface area (Å²) in [6.07, 6.45) is 0. The van der Waals surface area contributed by atoms with Crippen LogP contribution in [0.5, 0.6) is 0 Å². The molecule has 0 aliphatic rings. The van der Waals surface area contributed by atoms with E-state index >= 15 is 0 Å². The molecule has 0 saturated heterocycles. The molecule has 0 atom stereocenters. The highest BCUT2D eigenvalue weighted by molar-refractivity contribution is 4.54. The zero-order valence-corrected chi connectivity index (χ0v) is 7.06. The van der Waals surface area contributed by atoms with E-state index in [4.69, 9.17) is 20.5 Å². The van der Waals surface area contributed by atoms with Crippen LogP contribution in [0.15, 0.2) is 0 Å². The molecule has 6 N–H and O–H groups in total. The van der Waals surface area contributed by atoms with E-state index in [9.17, 15) is 0 Å². The van der Waals surface area contributed by atoms with Gasteiger partial charge in [0.15, 0.2) is 0 Å². The molecule has 0 spiro atoms. The van der Waals surface area contributed by atoms with Gasteiger partial charge in [0.1, 0.15) is 0 Å². The quantitative estimate of drug-likeness (QED) is 0.293. The molecule has 0 aliphatic carbocycles. The van der Waals surface area contributed by atoms with Crippen molar-refractivity contribution in [1.29, 1.82) is 0 Å². The highest BCUT2D eigenvalue weighted by atomic mass is 16.4. The van der Waals surface area contributed by atoms with Gasteiger partial charge in [-0.05, 0) is 0 Å². The third-order valence-corrected chi connectivity index (χ3v) is 1.25. The molecule has 0 heterocycles. The van der Waals surface area contributed by atoms with Gasteiger partial charge < -0.3 is 20.5 Å². The zero-order valence-electron chi connectivity index (χ0n) is 7.06. The summed E-state index contributed by atoms with van der Waals surface area (Å²) in [5.74, 6) is 3.50. The van der Waals surface area contributed by atoms with Crippen LogP contribution in [0.1, 0.15) is 0 Å². The van der Waals surface area contributed by atoms with E-state index in [0.717, 1.165) is 0 Å². The predicted molar refractivity (Wildman–Crippen MR) is 43.7 cm³/mol. The lowest BCUT2D eigenvalue weighted by Gasteiger charge is -2.17. The molecular weight excluding hydrogens is 164 g/mol. The summed E-state index contributed by atoms with van der Waals surface area (Å²) >= 11 is 0. The maximum Gasteiger partial charge on any atom is 0.0558 e. The van der Waals surface area contributed by atoms with Gasteiger partial charge in [-0.25, -0.2) is 5.90 Å². The Morgan fingerprint density at radius 2 is 1.00 bits per heavy atom. The van der Waals surface area contributed by atoms with Gasteiger partial charge in [-0.1, -0.05) is 0 Å². The summed E-state index contributed by atoms with van der Waals surface area (Å²) < 4.78 is 0. The van der Waals surface area contributed by atoms with E-state index in [1.54, 1.807) is 4.90 Å². The minimum atomic E-state index is 0.0694. The van der Waals surface area contributed by atoms with Crippen LogP contribution in [-0.2, 0) is 0 Å². The Morgan fingerprint density at radius 3 is 1.17 bits per heavy atom. The first kappa shape index (κ1) is 14.3. The normalized spacial score (nSPS) is 9.50. The number of aliphatic hydroxyl groups is 3. The highest BCUT2D eigenvalue weighted by Crippen LogP contribution is 1.84. The second-order valence-electron chi connectivity index (χ2n) is 2.01. The molecule has 0 unspecified atom stereocenters. The lowest BCUT2D eigenvalue weighted by atomic mass is 10.4. The molecule has 0 bridgehead atoms. The van der Waals surface area contributed by atoms with Gasteiger partial charge in [-0.15, -0.1) is 0 Å².